The summed E-state index contributed by atoms with van der Waals surface area (Å²) in [5, 5.41) is 6.14. The topological polar surface area (TPSA) is 80.9 Å². The van der Waals surface area contributed by atoms with E-state index in [1.165, 1.54) is 13.2 Å². The van der Waals surface area contributed by atoms with Crippen molar-refractivity contribution in [2.75, 3.05) is 14.2 Å². The molecule has 0 aliphatic heterocycles. The molecule has 1 heterocycles. The van der Waals surface area contributed by atoms with E-state index in [0.29, 0.717) is 35.5 Å². The lowest BCUT2D eigenvalue weighted by molar-refractivity contribution is -0.0505. The summed E-state index contributed by atoms with van der Waals surface area (Å²) in [5.41, 5.74) is 2.61. The Hall–Kier alpha value is -2.89. The van der Waals surface area contributed by atoms with E-state index in [9.17, 15) is 8.78 Å². The molecular formula is C22H25F2IN4O3. The molecule has 0 bridgehead atoms. The summed E-state index contributed by atoms with van der Waals surface area (Å²) < 4.78 is 40.9. The molecule has 32 heavy (non-hydrogen) atoms. The number of nitrogens with zero attached hydrogens (tertiary/aromatic N) is 2. The SMILES string of the molecule is CN=C(NCc1ncc(-c2ccc(C)cc2)o1)NCc1cc(OC)ccc1OC(F)F.I. The van der Waals surface area contributed by atoms with Crippen molar-refractivity contribution >= 4 is 29.9 Å². The van der Waals surface area contributed by atoms with Crippen LogP contribution in [0.15, 0.2) is 58.1 Å². The summed E-state index contributed by atoms with van der Waals surface area (Å²) in [6.45, 7) is -0.410. The molecule has 172 valence electrons. The van der Waals surface area contributed by atoms with Gasteiger partial charge < -0.3 is 24.5 Å². The fraction of sp³-hybridized carbons (Fsp3) is 0.273. The van der Waals surface area contributed by atoms with Crippen molar-refractivity contribution in [3.8, 4) is 22.8 Å². The average Bonchev–Trinajstić information content (AvgIpc) is 3.24. The van der Waals surface area contributed by atoms with Crippen LogP contribution in [0.25, 0.3) is 11.3 Å². The molecule has 0 saturated heterocycles. The number of benzene rings is 2. The van der Waals surface area contributed by atoms with Gasteiger partial charge in [0.1, 0.15) is 11.5 Å². The van der Waals surface area contributed by atoms with E-state index in [4.69, 9.17) is 9.15 Å². The third kappa shape index (κ3) is 7.08. The maximum absolute atomic E-state index is 12.7. The molecule has 10 heteroatoms. The van der Waals surface area contributed by atoms with Crippen LogP contribution in [0.3, 0.4) is 0 Å². The van der Waals surface area contributed by atoms with Crippen LogP contribution in [0.1, 0.15) is 17.0 Å². The number of aryl methyl sites for hydroxylation is 1. The highest BCUT2D eigenvalue weighted by Crippen LogP contribution is 2.25. The standard InChI is InChI=1S/C22H24F2N4O3.HI/c1-14-4-6-15(7-5-14)19-12-26-20(30-19)13-28-22(25-2)27-11-16-10-17(29-3)8-9-18(16)31-21(23)24;/h4-10,12,21H,11,13H2,1-3H3,(H2,25,27,28);1H. The van der Waals surface area contributed by atoms with Crippen LogP contribution in [-0.4, -0.2) is 31.7 Å². The zero-order chi connectivity index (χ0) is 22.2. The Kier molecular flexibility index (Phi) is 9.69. The first-order chi connectivity index (χ1) is 15.0. The molecule has 0 fully saturated rings. The molecule has 0 amide bonds. The average molecular weight is 558 g/mol. The molecule has 3 rings (SSSR count). The normalized spacial score (nSPS) is 11.1. The number of nitrogens with one attached hydrogen (secondary N) is 2. The van der Waals surface area contributed by atoms with Gasteiger partial charge in [-0.05, 0) is 25.1 Å². The first-order valence-electron chi connectivity index (χ1n) is 9.56. The molecule has 0 spiro atoms. The van der Waals surface area contributed by atoms with Crippen molar-refractivity contribution < 1.29 is 22.7 Å². The molecule has 2 aromatic carbocycles. The van der Waals surface area contributed by atoms with Gasteiger partial charge in [-0.3, -0.25) is 4.99 Å². The Labute approximate surface area is 202 Å². The van der Waals surface area contributed by atoms with Gasteiger partial charge >= 0.3 is 6.61 Å². The Morgan fingerprint density at radius 3 is 2.50 bits per heavy atom. The molecule has 1 aromatic heterocycles. The van der Waals surface area contributed by atoms with E-state index in [-0.39, 0.29) is 36.3 Å². The molecular weight excluding hydrogens is 533 g/mol. The molecule has 3 aromatic rings. The van der Waals surface area contributed by atoms with Crippen molar-refractivity contribution in [1.82, 2.24) is 15.6 Å². The number of guanidine groups is 1. The number of alkyl halides is 2. The number of oxazole rings is 1. The number of halogens is 3. The Bertz CT molecular complexity index is 1030. The second-order valence-corrected chi connectivity index (χ2v) is 6.62. The number of hydrogen-bond donors (Lipinski definition) is 2. The van der Waals surface area contributed by atoms with Gasteiger partial charge in [-0.2, -0.15) is 8.78 Å². The van der Waals surface area contributed by atoms with Crippen LogP contribution in [0.5, 0.6) is 11.5 Å². The van der Waals surface area contributed by atoms with Gasteiger partial charge in [0.25, 0.3) is 0 Å². The van der Waals surface area contributed by atoms with E-state index in [1.807, 2.05) is 31.2 Å². The number of aliphatic imine (C=N–C) groups is 1. The fourth-order valence-electron chi connectivity index (χ4n) is 2.83. The molecule has 0 unspecified atom stereocenters. The van der Waals surface area contributed by atoms with Crippen LogP contribution < -0.4 is 20.1 Å². The predicted octanol–water partition coefficient (Wildman–Crippen LogP) is 4.74. The van der Waals surface area contributed by atoms with E-state index in [1.54, 1.807) is 25.4 Å². The van der Waals surface area contributed by atoms with Crippen molar-refractivity contribution in [2.24, 2.45) is 4.99 Å². The number of aromatic nitrogens is 1. The van der Waals surface area contributed by atoms with Crippen LogP contribution in [0.4, 0.5) is 8.78 Å². The fourth-order valence-corrected chi connectivity index (χ4v) is 2.83. The number of ether oxygens (including phenoxy) is 2. The maximum Gasteiger partial charge on any atom is 0.387 e. The highest BCUT2D eigenvalue weighted by Gasteiger charge is 2.12. The smallest absolute Gasteiger partial charge is 0.387 e. The molecule has 7 nitrogen and oxygen atoms in total. The summed E-state index contributed by atoms with van der Waals surface area (Å²) in [5.74, 6) is 2.20. The zero-order valence-electron chi connectivity index (χ0n) is 17.9. The summed E-state index contributed by atoms with van der Waals surface area (Å²) in [6.07, 6.45) is 1.67. The minimum atomic E-state index is -2.92. The molecule has 0 saturated carbocycles. The number of hydrogen-bond acceptors (Lipinski definition) is 5. The lowest BCUT2D eigenvalue weighted by Crippen LogP contribution is -2.36. The Morgan fingerprint density at radius 1 is 1.12 bits per heavy atom. The second-order valence-electron chi connectivity index (χ2n) is 6.62. The van der Waals surface area contributed by atoms with Gasteiger partial charge in [-0.15, -0.1) is 24.0 Å². The quantitative estimate of drug-likeness (QED) is 0.236. The lowest BCUT2D eigenvalue weighted by Gasteiger charge is -2.15. The van der Waals surface area contributed by atoms with Crippen LogP contribution >= 0.6 is 24.0 Å². The summed E-state index contributed by atoms with van der Waals surface area (Å²) in [7, 11) is 3.10. The van der Waals surface area contributed by atoms with Gasteiger partial charge in [0.15, 0.2) is 11.7 Å². The van der Waals surface area contributed by atoms with E-state index >= 15 is 0 Å². The van der Waals surface area contributed by atoms with E-state index < -0.39 is 6.61 Å². The largest absolute Gasteiger partial charge is 0.497 e. The van der Waals surface area contributed by atoms with Crippen LogP contribution in [0.2, 0.25) is 0 Å². The zero-order valence-corrected chi connectivity index (χ0v) is 20.2. The number of methoxy groups -OCH3 is 1. The Morgan fingerprint density at radius 2 is 1.84 bits per heavy atom. The summed E-state index contributed by atoms with van der Waals surface area (Å²) in [6, 6.07) is 12.6. The van der Waals surface area contributed by atoms with Crippen molar-refractivity contribution in [2.45, 2.75) is 26.6 Å². The minimum absolute atomic E-state index is 0. The number of rotatable bonds is 8. The highest BCUT2D eigenvalue weighted by atomic mass is 127. The summed E-state index contributed by atoms with van der Waals surface area (Å²) in [4.78, 5) is 8.41. The van der Waals surface area contributed by atoms with Gasteiger partial charge in [-0.1, -0.05) is 29.8 Å². The van der Waals surface area contributed by atoms with E-state index in [0.717, 1.165) is 11.1 Å². The first-order valence-corrected chi connectivity index (χ1v) is 9.56. The molecule has 2 N–H and O–H groups in total. The van der Waals surface area contributed by atoms with Crippen LogP contribution in [0, 0.1) is 6.92 Å². The van der Waals surface area contributed by atoms with Crippen LogP contribution in [-0.2, 0) is 13.1 Å². The van der Waals surface area contributed by atoms with E-state index in [2.05, 4.69) is 25.3 Å². The second kappa shape index (κ2) is 12.2. The maximum atomic E-state index is 12.7. The predicted molar refractivity (Wildman–Crippen MR) is 129 cm³/mol. The van der Waals surface area contributed by atoms with Gasteiger partial charge in [0.2, 0.25) is 5.89 Å². The monoisotopic (exact) mass is 558 g/mol. The lowest BCUT2D eigenvalue weighted by atomic mass is 10.1. The molecule has 0 radical (unpaired) electrons. The molecule has 0 aliphatic rings. The van der Waals surface area contributed by atoms with Crippen molar-refractivity contribution in [1.29, 1.82) is 0 Å². The molecule has 0 aliphatic carbocycles. The van der Waals surface area contributed by atoms with Gasteiger partial charge in [-0.25, -0.2) is 4.98 Å². The third-order valence-corrected chi connectivity index (χ3v) is 4.45. The van der Waals surface area contributed by atoms with Crippen molar-refractivity contribution in [3.05, 3.63) is 65.7 Å². The Balaban J connectivity index is 0.00000363. The van der Waals surface area contributed by atoms with Gasteiger partial charge in [0.05, 0.1) is 19.9 Å². The molecule has 0 atom stereocenters. The first kappa shape index (κ1) is 25.4. The van der Waals surface area contributed by atoms with Gasteiger partial charge in [0, 0.05) is 24.7 Å². The third-order valence-electron chi connectivity index (χ3n) is 4.45. The minimum Gasteiger partial charge on any atom is -0.497 e. The summed E-state index contributed by atoms with van der Waals surface area (Å²) >= 11 is 0. The highest BCUT2D eigenvalue weighted by molar-refractivity contribution is 14.0. The van der Waals surface area contributed by atoms with Crippen molar-refractivity contribution in [3.63, 3.8) is 0 Å².